The number of para-hydroxylation sites is 1. The fourth-order valence-electron chi connectivity index (χ4n) is 3.44. The summed E-state index contributed by atoms with van der Waals surface area (Å²) in [4.78, 5) is 12.8. The summed E-state index contributed by atoms with van der Waals surface area (Å²) in [6.45, 7) is 6.62. The zero-order chi connectivity index (χ0) is 21.0. The second-order valence-corrected chi connectivity index (χ2v) is 8.89. The average molecular weight is 414 g/mol. The van der Waals surface area contributed by atoms with Crippen LogP contribution in [0.2, 0.25) is 0 Å². The molecule has 1 atom stereocenters. The third-order valence-electron chi connectivity index (χ3n) is 5.09. The molecule has 1 unspecified atom stereocenters. The van der Waals surface area contributed by atoms with Gasteiger partial charge in [0, 0.05) is 24.8 Å². The molecule has 0 fully saturated rings. The first-order valence-corrected chi connectivity index (χ1v) is 11.2. The number of aromatic nitrogens is 1. The van der Waals surface area contributed by atoms with Crippen molar-refractivity contribution in [3.05, 3.63) is 66.4 Å². The molecule has 1 amide bonds. The number of sulfonamides is 1. The van der Waals surface area contributed by atoms with Gasteiger partial charge in [-0.25, -0.2) is 8.42 Å². The lowest BCUT2D eigenvalue weighted by Crippen LogP contribution is -2.31. The topological polar surface area (TPSA) is 71.4 Å². The molecule has 0 spiro atoms. The summed E-state index contributed by atoms with van der Waals surface area (Å²) in [6.07, 6.45) is 1.90. The monoisotopic (exact) mass is 413 g/mol. The van der Waals surface area contributed by atoms with Gasteiger partial charge in [-0.1, -0.05) is 44.2 Å². The van der Waals surface area contributed by atoms with Crippen LogP contribution in [-0.2, 0) is 21.4 Å². The quantitative estimate of drug-likeness (QED) is 0.614. The largest absolute Gasteiger partial charge is 0.348 e. The van der Waals surface area contributed by atoms with Crippen LogP contribution in [0.4, 0.5) is 0 Å². The summed E-state index contributed by atoms with van der Waals surface area (Å²) in [5.41, 5.74) is 1.87. The van der Waals surface area contributed by atoms with E-state index in [-0.39, 0.29) is 23.4 Å². The van der Waals surface area contributed by atoms with E-state index in [1.54, 1.807) is 24.3 Å². The summed E-state index contributed by atoms with van der Waals surface area (Å²) < 4.78 is 28.5. The number of benzene rings is 2. The summed E-state index contributed by atoms with van der Waals surface area (Å²) >= 11 is 0. The molecule has 154 valence electrons. The Bertz CT molecular complexity index is 1080. The second kappa shape index (κ2) is 8.80. The van der Waals surface area contributed by atoms with Gasteiger partial charge in [0.1, 0.15) is 6.54 Å². The van der Waals surface area contributed by atoms with Gasteiger partial charge in [-0.05, 0) is 42.1 Å². The van der Waals surface area contributed by atoms with Crippen molar-refractivity contribution in [3.8, 4) is 0 Å². The highest BCUT2D eigenvalue weighted by atomic mass is 32.2. The van der Waals surface area contributed by atoms with E-state index in [9.17, 15) is 13.2 Å². The minimum absolute atomic E-state index is 0.0984. The van der Waals surface area contributed by atoms with Crippen molar-refractivity contribution >= 4 is 26.8 Å². The van der Waals surface area contributed by atoms with Gasteiger partial charge >= 0.3 is 0 Å². The minimum atomic E-state index is -3.48. The fraction of sp³-hybridized carbons (Fsp3) is 0.318. The molecule has 3 rings (SSSR count). The predicted molar refractivity (Wildman–Crippen MR) is 115 cm³/mol. The Balaban J connectivity index is 1.67. The van der Waals surface area contributed by atoms with Crippen LogP contribution in [-0.4, -0.2) is 36.3 Å². The van der Waals surface area contributed by atoms with Crippen molar-refractivity contribution in [2.45, 2.75) is 38.3 Å². The standard InChI is InChI=1S/C22H27N3O3S/c1-4-25(5-2)29(27,28)20-12-10-18(11-13-20)17(3)23-22(26)16-24-15-14-19-8-6-7-9-21(19)24/h6-15,17H,4-5,16H2,1-3H3,(H,23,26). The van der Waals surface area contributed by atoms with Crippen molar-refractivity contribution in [2.24, 2.45) is 0 Å². The van der Waals surface area contributed by atoms with Gasteiger partial charge < -0.3 is 9.88 Å². The highest BCUT2D eigenvalue weighted by Crippen LogP contribution is 2.20. The Morgan fingerprint density at radius 1 is 1.03 bits per heavy atom. The molecule has 0 aliphatic rings. The van der Waals surface area contributed by atoms with E-state index < -0.39 is 10.0 Å². The Morgan fingerprint density at radius 2 is 1.69 bits per heavy atom. The number of fused-ring (bicyclic) bond motifs is 1. The lowest BCUT2D eigenvalue weighted by Gasteiger charge is -2.19. The number of nitrogens with one attached hydrogen (secondary N) is 1. The van der Waals surface area contributed by atoms with Crippen LogP contribution in [0.5, 0.6) is 0 Å². The Kier molecular flexibility index (Phi) is 6.39. The van der Waals surface area contributed by atoms with Crippen molar-refractivity contribution in [1.82, 2.24) is 14.2 Å². The van der Waals surface area contributed by atoms with Crippen LogP contribution in [0, 0.1) is 0 Å². The maximum Gasteiger partial charge on any atom is 0.243 e. The van der Waals surface area contributed by atoms with Crippen molar-refractivity contribution in [1.29, 1.82) is 0 Å². The number of carbonyl (C=O) groups is 1. The molecule has 1 aromatic heterocycles. The van der Waals surface area contributed by atoms with E-state index >= 15 is 0 Å². The first kappa shape index (κ1) is 21.1. The minimum Gasteiger partial charge on any atom is -0.348 e. The Labute approximate surface area is 172 Å². The van der Waals surface area contributed by atoms with Crippen LogP contribution in [0.1, 0.15) is 32.4 Å². The fourth-order valence-corrected chi connectivity index (χ4v) is 4.90. The van der Waals surface area contributed by atoms with Crippen LogP contribution < -0.4 is 5.32 Å². The summed E-state index contributed by atoms with van der Waals surface area (Å²) in [6, 6.07) is 16.4. The first-order chi connectivity index (χ1) is 13.9. The summed E-state index contributed by atoms with van der Waals surface area (Å²) in [7, 11) is -3.48. The Hall–Kier alpha value is -2.64. The van der Waals surface area contributed by atoms with Gasteiger partial charge in [-0.2, -0.15) is 4.31 Å². The third-order valence-corrected chi connectivity index (χ3v) is 7.16. The summed E-state index contributed by atoms with van der Waals surface area (Å²) in [5, 5.41) is 4.08. The molecule has 2 aromatic carbocycles. The molecule has 1 heterocycles. The van der Waals surface area contributed by atoms with E-state index in [0.717, 1.165) is 16.5 Å². The number of carbonyl (C=O) groups excluding carboxylic acids is 1. The second-order valence-electron chi connectivity index (χ2n) is 6.95. The molecule has 7 heteroatoms. The van der Waals surface area contributed by atoms with E-state index in [1.807, 2.05) is 61.9 Å². The maximum absolute atomic E-state index is 12.6. The number of amides is 1. The molecule has 6 nitrogen and oxygen atoms in total. The highest BCUT2D eigenvalue weighted by Gasteiger charge is 2.21. The van der Waals surface area contributed by atoms with E-state index in [0.29, 0.717) is 13.1 Å². The normalized spacial score (nSPS) is 13.0. The number of rotatable bonds is 8. The van der Waals surface area contributed by atoms with Crippen LogP contribution >= 0.6 is 0 Å². The van der Waals surface area contributed by atoms with Crippen molar-refractivity contribution < 1.29 is 13.2 Å². The molecule has 29 heavy (non-hydrogen) atoms. The lowest BCUT2D eigenvalue weighted by molar-refractivity contribution is -0.122. The molecule has 0 radical (unpaired) electrons. The number of hydrogen-bond acceptors (Lipinski definition) is 3. The van der Waals surface area contributed by atoms with E-state index in [2.05, 4.69) is 5.32 Å². The molecule has 0 saturated carbocycles. The van der Waals surface area contributed by atoms with Gasteiger partial charge in [0.25, 0.3) is 0 Å². The summed E-state index contributed by atoms with van der Waals surface area (Å²) in [5.74, 6) is -0.0984. The van der Waals surface area contributed by atoms with Gasteiger partial charge in [-0.3, -0.25) is 4.79 Å². The molecule has 0 saturated heterocycles. The maximum atomic E-state index is 12.6. The van der Waals surface area contributed by atoms with Crippen LogP contribution in [0.25, 0.3) is 10.9 Å². The molecule has 0 aliphatic heterocycles. The lowest BCUT2D eigenvalue weighted by atomic mass is 10.1. The molecular weight excluding hydrogens is 386 g/mol. The molecule has 1 N–H and O–H groups in total. The molecule has 0 bridgehead atoms. The smallest absolute Gasteiger partial charge is 0.243 e. The molecule has 0 aliphatic carbocycles. The van der Waals surface area contributed by atoms with E-state index in [1.165, 1.54) is 4.31 Å². The zero-order valence-corrected chi connectivity index (χ0v) is 17.8. The third kappa shape index (κ3) is 4.52. The Morgan fingerprint density at radius 3 is 2.34 bits per heavy atom. The number of nitrogens with zero attached hydrogens (tertiary/aromatic N) is 2. The van der Waals surface area contributed by atoms with Crippen molar-refractivity contribution in [3.63, 3.8) is 0 Å². The van der Waals surface area contributed by atoms with Crippen LogP contribution in [0.3, 0.4) is 0 Å². The van der Waals surface area contributed by atoms with Gasteiger partial charge in [-0.15, -0.1) is 0 Å². The van der Waals surface area contributed by atoms with E-state index in [4.69, 9.17) is 0 Å². The van der Waals surface area contributed by atoms with Crippen molar-refractivity contribution in [2.75, 3.05) is 13.1 Å². The number of hydrogen-bond donors (Lipinski definition) is 1. The predicted octanol–water partition coefficient (Wildman–Crippen LogP) is 3.55. The van der Waals surface area contributed by atoms with Gasteiger partial charge in [0.2, 0.25) is 15.9 Å². The molecule has 3 aromatic rings. The van der Waals surface area contributed by atoms with Gasteiger partial charge in [0.15, 0.2) is 0 Å². The zero-order valence-electron chi connectivity index (χ0n) is 17.0. The van der Waals surface area contributed by atoms with Gasteiger partial charge in [0.05, 0.1) is 10.9 Å². The average Bonchev–Trinajstić information content (AvgIpc) is 3.11. The SMILES string of the molecule is CCN(CC)S(=O)(=O)c1ccc(C(C)NC(=O)Cn2ccc3ccccc32)cc1. The van der Waals surface area contributed by atoms with Crippen LogP contribution in [0.15, 0.2) is 65.7 Å². The first-order valence-electron chi connectivity index (χ1n) is 9.80. The molecular formula is C22H27N3O3S. The highest BCUT2D eigenvalue weighted by molar-refractivity contribution is 7.89.